The minimum absolute atomic E-state index is 0.0465. The number of nitrogen functional groups attached to an aromatic ring is 1. The predicted molar refractivity (Wildman–Crippen MR) is 99.4 cm³/mol. The standard InChI is InChI=1S/C20H15F2N5O/c21-16-6-3-13(9-17(16)22)8-15(28)7-12-1-4-14(5-2-12)18-11-27-19(10-24-18)25-20(23)26-27/h1-6,9-11H,7-8H2,(H2,23,26). The lowest BCUT2D eigenvalue weighted by Crippen LogP contribution is -2.07. The van der Waals surface area contributed by atoms with Crippen LogP contribution in [0, 0.1) is 11.6 Å². The van der Waals surface area contributed by atoms with Crippen LogP contribution in [0.2, 0.25) is 0 Å². The maximum atomic E-state index is 13.3. The molecule has 0 amide bonds. The van der Waals surface area contributed by atoms with E-state index in [-0.39, 0.29) is 24.6 Å². The van der Waals surface area contributed by atoms with Gasteiger partial charge in [-0.25, -0.2) is 13.3 Å². The van der Waals surface area contributed by atoms with Crippen molar-refractivity contribution in [1.82, 2.24) is 19.6 Å². The van der Waals surface area contributed by atoms with E-state index in [9.17, 15) is 13.6 Å². The van der Waals surface area contributed by atoms with E-state index in [1.54, 1.807) is 16.9 Å². The summed E-state index contributed by atoms with van der Waals surface area (Å²) in [7, 11) is 0. The third kappa shape index (κ3) is 3.71. The molecule has 0 fully saturated rings. The fraction of sp³-hybridized carbons (Fsp3) is 0.100. The predicted octanol–water partition coefficient (Wildman–Crippen LogP) is 3.01. The summed E-state index contributed by atoms with van der Waals surface area (Å²) in [5.74, 6) is -1.79. The molecule has 0 saturated carbocycles. The molecule has 0 aliphatic heterocycles. The Kier molecular flexibility index (Phi) is 4.52. The van der Waals surface area contributed by atoms with E-state index in [1.165, 1.54) is 6.07 Å². The number of benzene rings is 2. The van der Waals surface area contributed by atoms with Gasteiger partial charge < -0.3 is 5.73 Å². The van der Waals surface area contributed by atoms with E-state index in [1.807, 2.05) is 24.3 Å². The number of ketones is 1. The summed E-state index contributed by atoms with van der Waals surface area (Å²) in [4.78, 5) is 20.6. The number of carbonyl (C=O) groups excluding carboxylic acids is 1. The van der Waals surface area contributed by atoms with Gasteiger partial charge in [0, 0.05) is 18.4 Å². The van der Waals surface area contributed by atoms with E-state index < -0.39 is 11.6 Å². The number of nitrogens with zero attached hydrogens (tertiary/aromatic N) is 4. The first-order valence-corrected chi connectivity index (χ1v) is 8.51. The van der Waals surface area contributed by atoms with E-state index in [0.717, 1.165) is 23.3 Å². The molecule has 4 rings (SSSR count). The highest BCUT2D eigenvalue weighted by Gasteiger charge is 2.10. The number of nitrogens with two attached hydrogens (primary N) is 1. The van der Waals surface area contributed by atoms with Crippen LogP contribution in [0.4, 0.5) is 14.7 Å². The Morgan fingerprint density at radius 1 is 1.00 bits per heavy atom. The molecule has 2 N–H and O–H groups in total. The van der Waals surface area contributed by atoms with Crippen LogP contribution < -0.4 is 5.73 Å². The number of Topliss-reactive ketones (excluding diaryl/α,β-unsaturated/α-hetero) is 1. The van der Waals surface area contributed by atoms with Crippen molar-refractivity contribution in [3.63, 3.8) is 0 Å². The zero-order valence-corrected chi connectivity index (χ0v) is 14.6. The van der Waals surface area contributed by atoms with Gasteiger partial charge in [0.2, 0.25) is 5.95 Å². The van der Waals surface area contributed by atoms with Crippen LogP contribution >= 0.6 is 0 Å². The van der Waals surface area contributed by atoms with Crippen LogP contribution in [0.1, 0.15) is 11.1 Å². The summed E-state index contributed by atoms with van der Waals surface area (Å²) in [6.07, 6.45) is 3.55. The number of fused-ring (bicyclic) bond motifs is 1. The number of hydrogen-bond donors (Lipinski definition) is 1. The van der Waals surface area contributed by atoms with Crippen LogP contribution in [-0.4, -0.2) is 25.4 Å². The molecule has 0 spiro atoms. The molecular weight excluding hydrogens is 364 g/mol. The highest BCUT2D eigenvalue weighted by Crippen LogP contribution is 2.19. The third-order valence-corrected chi connectivity index (χ3v) is 4.27. The van der Waals surface area contributed by atoms with Crippen molar-refractivity contribution in [3.05, 3.63) is 77.6 Å². The summed E-state index contributed by atoms with van der Waals surface area (Å²) in [5.41, 5.74) is 8.95. The highest BCUT2D eigenvalue weighted by molar-refractivity contribution is 5.83. The lowest BCUT2D eigenvalue weighted by atomic mass is 10.0. The SMILES string of the molecule is Nc1nc2cnc(-c3ccc(CC(=O)Cc4ccc(F)c(F)c4)cc3)cn2n1. The largest absolute Gasteiger partial charge is 0.366 e. The maximum absolute atomic E-state index is 13.3. The number of aromatic nitrogens is 4. The van der Waals surface area contributed by atoms with Crippen LogP contribution in [-0.2, 0) is 17.6 Å². The molecule has 2 heterocycles. The van der Waals surface area contributed by atoms with Gasteiger partial charge in [-0.1, -0.05) is 30.3 Å². The van der Waals surface area contributed by atoms with Crippen molar-refractivity contribution in [3.8, 4) is 11.3 Å². The quantitative estimate of drug-likeness (QED) is 0.576. The lowest BCUT2D eigenvalue weighted by Gasteiger charge is -2.05. The summed E-state index contributed by atoms with van der Waals surface area (Å²) < 4.78 is 27.8. The molecule has 2 aromatic heterocycles. The van der Waals surface area contributed by atoms with Gasteiger partial charge in [0.15, 0.2) is 17.3 Å². The summed E-state index contributed by atoms with van der Waals surface area (Å²) in [6, 6.07) is 10.9. The second kappa shape index (κ2) is 7.15. The van der Waals surface area contributed by atoms with E-state index in [0.29, 0.717) is 16.9 Å². The van der Waals surface area contributed by atoms with Gasteiger partial charge in [0.05, 0.1) is 18.1 Å². The Hall–Kier alpha value is -3.68. The van der Waals surface area contributed by atoms with Gasteiger partial charge in [0.25, 0.3) is 0 Å². The minimum atomic E-state index is -0.951. The van der Waals surface area contributed by atoms with Crippen LogP contribution in [0.5, 0.6) is 0 Å². The Morgan fingerprint density at radius 3 is 2.46 bits per heavy atom. The molecule has 6 nitrogen and oxygen atoms in total. The van der Waals surface area contributed by atoms with Gasteiger partial charge in [0.1, 0.15) is 5.78 Å². The van der Waals surface area contributed by atoms with Gasteiger partial charge >= 0.3 is 0 Å². The van der Waals surface area contributed by atoms with Crippen LogP contribution in [0.15, 0.2) is 54.9 Å². The van der Waals surface area contributed by atoms with Crippen molar-refractivity contribution in [1.29, 1.82) is 0 Å². The van der Waals surface area contributed by atoms with E-state index in [2.05, 4.69) is 15.1 Å². The number of anilines is 1. The molecule has 0 aliphatic carbocycles. The lowest BCUT2D eigenvalue weighted by molar-refractivity contribution is -0.117. The van der Waals surface area contributed by atoms with Crippen molar-refractivity contribution < 1.29 is 13.6 Å². The Morgan fingerprint density at radius 2 is 1.71 bits per heavy atom. The van der Waals surface area contributed by atoms with Crippen molar-refractivity contribution in [2.45, 2.75) is 12.8 Å². The molecule has 2 aromatic carbocycles. The first kappa shape index (κ1) is 17.7. The van der Waals surface area contributed by atoms with Crippen molar-refractivity contribution >= 4 is 17.4 Å². The molecule has 0 aliphatic rings. The molecule has 0 radical (unpaired) electrons. The average molecular weight is 379 g/mol. The summed E-state index contributed by atoms with van der Waals surface area (Å²) >= 11 is 0. The van der Waals surface area contributed by atoms with Crippen LogP contribution in [0.25, 0.3) is 16.9 Å². The highest BCUT2D eigenvalue weighted by atomic mass is 19.2. The number of hydrogen-bond acceptors (Lipinski definition) is 5. The topological polar surface area (TPSA) is 86.2 Å². The van der Waals surface area contributed by atoms with Crippen LogP contribution in [0.3, 0.4) is 0 Å². The Labute approximate surface area is 158 Å². The minimum Gasteiger partial charge on any atom is -0.366 e. The summed E-state index contributed by atoms with van der Waals surface area (Å²) in [5, 5.41) is 4.06. The first-order valence-electron chi connectivity index (χ1n) is 8.51. The Balaban J connectivity index is 1.46. The van der Waals surface area contributed by atoms with Crippen molar-refractivity contribution in [2.24, 2.45) is 0 Å². The molecule has 140 valence electrons. The maximum Gasteiger partial charge on any atom is 0.240 e. The molecular formula is C20H15F2N5O. The fourth-order valence-electron chi connectivity index (χ4n) is 2.92. The molecule has 4 aromatic rings. The monoisotopic (exact) mass is 379 g/mol. The molecule has 0 atom stereocenters. The fourth-order valence-corrected chi connectivity index (χ4v) is 2.92. The smallest absolute Gasteiger partial charge is 0.240 e. The molecule has 0 saturated heterocycles. The Bertz CT molecular complexity index is 1170. The normalized spacial score (nSPS) is 11.1. The van der Waals surface area contributed by atoms with Gasteiger partial charge in [-0.05, 0) is 23.3 Å². The molecule has 8 heteroatoms. The van der Waals surface area contributed by atoms with Gasteiger partial charge in [-0.15, -0.1) is 5.10 Å². The van der Waals surface area contributed by atoms with Gasteiger partial charge in [-0.2, -0.15) is 4.98 Å². The zero-order chi connectivity index (χ0) is 19.7. The van der Waals surface area contributed by atoms with E-state index in [4.69, 9.17) is 5.73 Å². The molecule has 0 bridgehead atoms. The zero-order valence-electron chi connectivity index (χ0n) is 14.6. The molecule has 28 heavy (non-hydrogen) atoms. The van der Waals surface area contributed by atoms with Gasteiger partial charge in [-0.3, -0.25) is 9.78 Å². The second-order valence-corrected chi connectivity index (χ2v) is 6.38. The number of rotatable bonds is 5. The second-order valence-electron chi connectivity index (χ2n) is 6.38. The third-order valence-electron chi connectivity index (χ3n) is 4.27. The van der Waals surface area contributed by atoms with Crippen molar-refractivity contribution in [2.75, 3.05) is 5.73 Å². The number of carbonyl (C=O) groups is 1. The summed E-state index contributed by atoms with van der Waals surface area (Å²) in [6.45, 7) is 0. The molecule has 0 unspecified atom stereocenters. The number of halogens is 2. The van der Waals surface area contributed by atoms with E-state index >= 15 is 0 Å². The average Bonchev–Trinajstić information content (AvgIpc) is 3.04. The first-order chi connectivity index (χ1) is 13.5.